The van der Waals surface area contributed by atoms with Crippen molar-refractivity contribution in [3.63, 3.8) is 0 Å². The van der Waals surface area contributed by atoms with E-state index in [0.717, 1.165) is 52.1 Å². The Balaban J connectivity index is 1.52. The number of anilines is 2. The number of methoxy groups -OCH3 is 1. The number of halogens is 1. The molecule has 7 nitrogen and oxygen atoms in total. The zero-order valence-electron chi connectivity index (χ0n) is 24.7. The Bertz CT molecular complexity index is 1470. The summed E-state index contributed by atoms with van der Waals surface area (Å²) in [7, 11) is 1.67. The third-order valence-electron chi connectivity index (χ3n) is 7.61. The zero-order chi connectivity index (χ0) is 30.0. The van der Waals surface area contributed by atoms with Crippen molar-refractivity contribution in [3.8, 4) is 5.75 Å². The van der Waals surface area contributed by atoms with E-state index in [4.69, 9.17) is 19.2 Å². The Labute approximate surface area is 262 Å². The van der Waals surface area contributed by atoms with E-state index < -0.39 is 0 Å². The first kappa shape index (κ1) is 30.6. The molecule has 4 aromatic rings. The summed E-state index contributed by atoms with van der Waals surface area (Å²) in [4.78, 5) is 22.3. The van der Waals surface area contributed by atoms with Gasteiger partial charge in [0, 0.05) is 17.2 Å². The molecule has 0 aliphatic carbocycles. The van der Waals surface area contributed by atoms with Gasteiger partial charge >= 0.3 is 6.09 Å². The molecule has 43 heavy (non-hydrogen) atoms. The lowest BCUT2D eigenvalue weighted by molar-refractivity contribution is 0.0339. The number of carbonyl (C=O) groups excluding carboxylic acids is 1. The maximum atomic E-state index is 13.5. The largest absolute Gasteiger partial charge is 0.497 e. The highest BCUT2D eigenvalue weighted by Gasteiger charge is 2.40. The van der Waals surface area contributed by atoms with Gasteiger partial charge in [-0.1, -0.05) is 83.9 Å². The van der Waals surface area contributed by atoms with Gasteiger partial charge in [-0.2, -0.15) is 0 Å². The lowest BCUT2D eigenvalue weighted by atomic mass is 9.96. The predicted octanol–water partition coefficient (Wildman–Crippen LogP) is 7.99. The number of hydrogen-bond acceptors (Lipinski definition) is 6. The summed E-state index contributed by atoms with van der Waals surface area (Å²) in [5, 5.41) is 0. The average molecular weight is 645 g/mol. The van der Waals surface area contributed by atoms with Gasteiger partial charge in [0.25, 0.3) is 0 Å². The van der Waals surface area contributed by atoms with Crippen LogP contribution in [-0.2, 0) is 22.4 Å². The second kappa shape index (κ2) is 15.0. The normalized spacial score (nSPS) is 15.1. The number of rotatable bonds is 12. The number of carbonyl (C=O) groups is 1. The third-order valence-corrected chi connectivity index (χ3v) is 8.10. The van der Waals surface area contributed by atoms with Crippen LogP contribution in [0.3, 0.4) is 0 Å². The number of unbranched alkanes of at least 4 members (excludes halogenated alkanes) is 1. The van der Waals surface area contributed by atoms with Crippen molar-refractivity contribution < 1.29 is 19.0 Å². The molecular weight excluding hydrogens is 606 g/mol. The highest BCUT2D eigenvalue weighted by Crippen LogP contribution is 2.40. The fourth-order valence-electron chi connectivity index (χ4n) is 5.36. The molecule has 0 saturated heterocycles. The smallest absolute Gasteiger partial charge is 0.414 e. The number of fused-ring (bicyclic) bond motifs is 1. The Hall–Kier alpha value is -3.88. The van der Waals surface area contributed by atoms with Gasteiger partial charge in [-0.15, -0.1) is 0 Å². The molecule has 1 amide bonds. The zero-order valence-corrected chi connectivity index (χ0v) is 26.3. The van der Waals surface area contributed by atoms with Crippen molar-refractivity contribution in [2.24, 2.45) is 0 Å². The molecule has 0 unspecified atom stereocenters. The van der Waals surface area contributed by atoms with Crippen LogP contribution in [0.5, 0.6) is 5.75 Å². The van der Waals surface area contributed by atoms with E-state index in [-0.39, 0.29) is 18.2 Å². The molecule has 0 fully saturated rings. The van der Waals surface area contributed by atoms with E-state index in [0.29, 0.717) is 26.3 Å². The highest BCUT2D eigenvalue weighted by atomic mass is 79.9. The van der Waals surface area contributed by atoms with Crippen LogP contribution in [0.1, 0.15) is 42.6 Å². The van der Waals surface area contributed by atoms with Crippen molar-refractivity contribution in [3.05, 3.63) is 118 Å². The first-order valence-corrected chi connectivity index (χ1v) is 15.6. The summed E-state index contributed by atoms with van der Waals surface area (Å²) in [6.45, 7) is 3.94. The van der Waals surface area contributed by atoms with Gasteiger partial charge in [-0.3, -0.25) is 4.90 Å². The highest BCUT2D eigenvalue weighted by molar-refractivity contribution is 9.10. The summed E-state index contributed by atoms with van der Waals surface area (Å²) >= 11 is 3.58. The minimum absolute atomic E-state index is 0.242. The standard InChI is InChI=1S/C35H38BrN3O4/c1-3-4-21-43-35(40)39-25-32(33(28-11-6-5-7-12-28)42-22-19-26-10-8-13-29(36)23-26)38(34-31(39)14-9-20-37-34)24-27-15-17-30(41-2)18-16-27/h5-18,20,23,32-33H,3-4,19,21-22,24-25H2,1-2H3/t32-,33-/m1/s1. The van der Waals surface area contributed by atoms with E-state index in [2.05, 4.69) is 64.2 Å². The topological polar surface area (TPSA) is 64.1 Å². The molecule has 0 spiro atoms. The van der Waals surface area contributed by atoms with Crippen LogP contribution in [0.25, 0.3) is 0 Å². The number of nitrogens with zero attached hydrogens (tertiary/aromatic N) is 3. The number of amides is 1. The fourth-order valence-corrected chi connectivity index (χ4v) is 5.81. The summed E-state index contributed by atoms with van der Waals surface area (Å²) in [5.41, 5.74) is 4.06. The number of ether oxygens (including phenoxy) is 3. The van der Waals surface area contributed by atoms with Crippen LogP contribution in [0.4, 0.5) is 16.3 Å². The minimum atomic E-state index is -0.363. The van der Waals surface area contributed by atoms with Gasteiger partial charge in [0.15, 0.2) is 5.82 Å². The third kappa shape index (κ3) is 7.75. The van der Waals surface area contributed by atoms with Gasteiger partial charge in [0.2, 0.25) is 0 Å². The molecular formula is C35H38BrN3O4. The minimum Gasteiger partial charge on any atom is -0.497 e. The fraction of sp³-hybridized carbons (Fsp3) is 0.314. The van der Waals surface area contributed by atoms with Crippen LogP contribution < -0.4 is 14.5 Å². The molecule has 0 N–H and O–H groups in total. The van der Waals surface area contributed by atoms with Gasteiger partial charge in [0.1, 0.15) is 11.9 Å². The van der Waals surface area contributed by atoms with Crippen molar-refractivity contribution in [1.82, 2.24) is 4.98 Å². The maximum absolute atomic E-state index is 13.5. The first-order valence-electron chi connectivity index (χ1n) is 14.8. The van der Waals surface area contributed by atoms with Crippen LogP contribution in [0.15, 0.2) is 102 Å². The SMILES string of the molecule is CCCCOC(=O)N1C[C@H]([C@H](OCCc2cccc(Br)c2)c2ccccc2)N(Cc2ccc(OC)cc2)c2ncccc21. The van der Waals surface area contributed by atoms with Crippen LogP contribution >= 0.6 is 15.9 Å². The molecule has 0 bridgehead atoms. The molecule has 2 atom stereocenters. The van der Waals surface area contributed by atoms with Crippen molar-refractivity contribution in [2.45, 2.75) is 44.9 Å². The van der Waals surface area contributed by atoms with Crippen LogP contribution in [0, 0.1) is 0 Å². The van der Waals surface area contributed by atoms with Gasteiger partial charge in [-0.25, -0.2) is 9.78 Å². The summed E-state index contributed by atoms with van der Waals surface area (Å²) in [6, 6.07) is 30.1. The first-order chi connectivity index (χ1) is 21.1. The van der Waals surface area contributed by atoms with Crippen molar-refractivity contribution in [1.29, 1.82) is 0 Å². The molecule has 8 heteroatoms. The molecule has 5 rings (SSSR count). The van der Waals surface area contributed by atoms with E-state index in [1.165, 1.54) is 5.56 Å². The van der Waals surface area contributed by atoms with E-state index in [9.17, 15) is 4.79 Å². The van der Waals surface area contributed by atoms with Gasteiger partial charge in [-0.05, 0) is 65.9 Å². The maximum Gasteiger partial charge on any atom is 0.414 e. The summed E-state index contributed by atoms with van der Waals surface area (Å²) < 4.78 is 18.9. The number of hydrogen-bond donors (Lipinski definition) is 0. The molecule has 2 heterocycles. The molecule has 0 radical (unpaired) electrons. The molecule has 0 saturated carbocycles. The van der Waals surface area contributed by atoms with Crippen LogP contribution in [-0.4, -0.2) is 44.0 Å². The van der Waals surface area contributed by atoms with Crippen molar-refractivity contribution >= 4 is 33.5 Å². The number of benzene rings is 3. The second-order valence-corrected chi connectivity index (χ2v) is 11.5. The van der Waals surface area contributed by atoms with Crippen molar-refractivity contribution in [2.75, 3.05) is 36.7 Å². The average Bonchev–Trinajstić information content (AvgIpc) is 3.04. The predicted molar refractivity (Wildman–Crippen MR) is 174 cm³/mol. The number of aromatic nitrogens is 1. The molecule has 1 aromatic heterocycles. The number of pyridine rings is 1. The molecule has 224 valence electrons. The lowest BCUT2D eigenvalue weighted by Crippen LogP contribution is -2.54. The van der Waals surface area contributed by atoms with E-state index in [1.807, 2.05) is 54.6 Å². The molecule has 3 aromatic carbocycles. The second-order valence-electron chi connectivity index (χ2n) is 10.5. The summed E-state index contributed by atoms with van der Waals surface area (Å²) in [6.07, 6.45) is 3.59. The van der Waals surface area contributed by atoms with Gasteiger partial charge < -0.3 is 19.1 Å². The Morgan fingerprint density at radius 3 is 2.53 bits per heavy atom. The van der Waals surface area contributed by atoms with Gasteiger partial charge in [0.05, 0.1) is 38.6 Å². The quantitative estimate of drug-likeness (QED) is 0.146. The Kier molecular flexibility index (Phi) is 10.7. The Morgan fingerprint density at radius 2 is 1.79 bits per heavy atom. The van der Waals surface area contributed by atoms with Crippen LogP contribution in [0.2, 0.25) is 0 Å². The van der Waals surface area contributed by atoms with E-state index >= 15 is 0 Å². The Morgan fingerprint density at radius 1 is 0.977 bits per heavy atom. The van der Waals surface area contributed by atoms with E-state index in [1.54, 1.807) is 18.2 Å². The summed E-state index contributed by atoms with van der Waals surface area (Å²) in [5.74, 6) is 1.52. The monoisotopic (exact) mass is 643 g/mol. The molecule has 1 aliphatic rings. The lowest BCUT2D eigenvalue weighted by Gasteiger charge is -2.45. The molecule has 1 aliphatic heterocycles.